The van der Waals surface area contributed by atoms with Gasteiger partial charge in [-0.1, -0.05) is 32.9 Å². The van der Waals surface area contributed by atoms with Crippen molar-refractivity contribution in [2.75, 3.05) is 19.7 Å². The molecule has 0 saturated carbocycles. The number of hydrogen-bond acceptors (Lipinski definition) is 3. The third kappa shape index (κ3) is 4.95. The lowest BCUT2D eigenvalue weighted by molar-refractivity contribution is -0.134. The number of aromatic carboxylic acids is 1. The van der Waals surface area contributed by atoms with Gasteiger partial charge in [0.05, 0.1) is 12.2 Å². The number of carboxylic acids is 1. The molecule has 0 aromatic heterocycles. The van der Waals surface area contributed by atoms with Crippen LogP contribution in [0, 0.1) is 0 Å². The van der Waals surface area contributed by atoms with Gasteiger partial charge in [-0.3, -0.25) is 4.79 Å². The van der Waals surface area contributed by atoms with Gasteiger partial charge in [0.2, 0.25) is 5.91 Å². The van der Waals surface area contributed by atoms with E-state index < -0.39 is 14.3 Å². The fraction of sp³-hybridized carbons (Fsp3) is 0.600. The first-order valence-corrected chi connectivity index (χ1v) is 12.2. The van der Waals surface area contributed by atoms with E-state index in [1.165, 1.54) is 0 Å². The molecule has 1 N–H and O–H groups in total. The quantitative estimate of drug-likeness (QED) is 0.758. The Morgan fingerprint density at radius 3 is 2.38 bits per heavy atom. The van der Waals surface area contributed by atoms with Crippen molar-refractivity contribution < 1.29 is 19.1 Å². The topological polar surface area (TPSA) is 66.8 Å². The number of carbonyl (C=O) groups excluding carboxylic acids is 1. The van der Waals surface area contributed by atoms with Gasteiger partial charge in [-0.25, -0.2) is 4.79 Å². The van der Waals surface area contributed by atoms with Crippen molar-refractivity contribution in [2.24, 2.45) is 0 Å². The first kappa shape index (κ1) is 20.6. The molecule has 1 amide bonds. The second-order valence-electron chi connectivity index (χ2n) is 8.61. The van der Waals surface area contributed by atoms with Crippen LogP contribution in [0.25, 0.3) is 0 Å². The average Bonchev–Trinajstić information content (AvgIpc) is 2.55. The van der Waals surface area contributed by atoms with Crippen LogP contribution >= 0.6 is 0 Å². The Kier molecular flexibility index (Phi) is 6.29. The number of carbonyl (C=O) groups is 2. The summed E-state index contributed by atoms with van der Waals surface area (Å²) in [5.74, 6) is -0.602. The molecule has 6 heteroatoms. The molecule has 1 aliphatic rings. The molecule has 1 unspecified atom stereocenters. The van der Waals surface area contributed by atoms with Crippen LogP contribution in [0.15, 0.2) is 24.3 Å². The molecule has 1 fully saturated rings. The first-order chi connectivity index (χ1) is 12.0. The Morgan fingerprint density at radius 2 is 1.88 bits per heavy atom. The van der Waals surface area contributed by atoms with Crippen molar-refractivity contribution in [3.8, 4) is 0 Å². The van der Waals surface area contributed by atoms with E-state index in [1.807, 2.05) is 17.0 Å². The minimum absolute atomic E-state index is 0.155. The first-order valence-electron chi connectivity index (χ1n) is 9.26. The van der Waals surface area contributed by atoms with Crippen LogP contribution in [0.4, 0.5) is 0 Å². The highest BCUT2D eigenvalue weighted by Gasteiger charge is 2.37. The molecule has 1 heterocycles. The number of nitrogens with zero attached hydrogens (tertiary/aromatic N) is 1. The third-order valence-electron chi connectivity index (χ3n) is 5.78. The molecule has 5 nitrogen and oxygen atoms in total. The Balaban J connectivity index is 1.86. The van der Waals surface area contributed by atoms with Crippen LogP contribution in [0.2, 0.25) is 18.1 Å². The van der Waals surface area contributed by atoms with Crippen molar-refractivity contribution in [3.63, 3.8) is 0 Å². The number of likely N-dealkylation sites (tertiary alicyclic amines) is 1. The maximum atomic E-state index is 12.5. The maximum absolute atomic E-state index is 12.5. The Labute approximate surface area is 157 Å². The summed E-state index contributed by atoms with van der Waals surface area (Å²) in [7, 11) is -1.78. The van der Waals surface area contributed by atoms with Crippen molar-refractivity contribution in [2.45, 2.75) is 57.7 Å². The van der Waals surface area contributed by atoms with Crippen LogP contribution < -0.4 is 0 Å². The Morgan fingerprint density at radius 1 is 1.27 bits per heavy atom. The fourth-order valence-corrected chi connectivity index (χ4v) is 3.96. The van der Waals surface area contributed by atoms with Crippen LogP contribution in [0.5, 0.6) is 0 Å². The van der Waals surface area contributed by atoms with E-state index in [0.29, 0.717) is 19.6 Å². The summed E-state index contributed by atoms with van der Waals surface area (Å²) in [6, 6.07) is 6.89. The second kappa shape index (κ2) is 7.92. The molecule has 1 atom stereocenters. The van der Waals surface area contributed by atoms with E-state index in [1.54, 1.807) is 12.1 Å². The molecule has 26 heavy (non-hydrogen) atoms. The average molecular weight is 378 g/mol. The van der Waals surface area contributed by atoms with Crippen molar-refractivity contribution in [3.05, 3.63) is 35.4 Å². The van der Waals surface area contributed by atoms with E-state index in [9.17, 15) is 9.59 Å². The van der Waals surface area contributed by atoms with Gasteiger partial charge in [0.1, 0.15) is 0 Å². The predicted molar refractivity (Wildman–Crippen MR) is 105 cm³/mol. The molecule has 1 aliphatic heterocycles. The summed E-state index contributed by atoms with van der Waals surface area (Å²) in [5, 5.41) is 9.16. The molecule has 0 spiro atoms. The van der Waals surface area contributed by atoms with Gasteiger partial charge in [0, 0.05) is 19.5 Å². The minimum atomic E-state index is -1.78. The van der Waals surface area contributed by atoms with E-state index >= 15 is 0 Å². The number of rotatable bonds is 6. The van der Waals surface area contributed by atoms with Gasteiger partial charge in [-0.15, -0.1) is 0 Å². The highest BCUT2D eigenvalue weighted by Crippen LogP contribution is 2.36. The number of hydrogen-bond donors (Lipinski definition) is 1. The smallest absolute Gasteiger partial charge is 0.335 e. The molecular weight excluding hydrogens is 346 g/mol. The summed E-state index contributed by atoms with van der Waals surface area (Å²) >= 11 is 0. The molecule has 0 aliphatic carbocycles. The molecule has 0 radical (unpaired) electrons. The Bertz CT molecular complexity index is 649. The van der Waals surface area contributed by atoms with Crippen molar-refractivity contribution in [1.82, 2.24) is 4.90 Å². The third-order valence-corrected chi connectivity index (χ3v) is 10.3. The SMILES string of the molecule is CC(C)(C)[Si](C)(C)OCCN1CCC(c2ccc(C(=O)O)cc2)CC1=O. The van der Waals surface area contributed by atoms with Gasteiger partial charge >= 0.3 is 5.97 Å². The monoisotopic (exact) mass is 377 g/mol. The van der Waals surface area contributed by atoms with Crippen molar-refractivity contribution >= 4 is 20.2 Å². The maximum Gasteiger partial charge on any atom is 0.335 e. The zero-order chi connectivity index (χ0) is 19.5. The lowest BCUT2D eigenvalue weighted by Crippen LogP contribution is -2.45. The van der Waals surface area contributed by atoms with E-state index in [4.69, 9.17) is 9.53 Å². The fourth-order valence-electron chi connectivity index (χ4n) is 2.92. The highest BCUT2D eigenvalue weighted by molar-refractivity contribution is 6.74. The van der Waals surface area contributed by atoms with Crippen molar-refractivity contribution in [1.29, 1.82) is 0 Å². The number of carboxylic acid groups (broad SMARTS) is 1. The lowest BCUT2D eigenvalue weighted by Gasteiger charge is -2.37. The highest BCUT2D eigenvalue weighted by atomic mass is 28.4. The van der Waals surface area contributed by atoms with Gasteiger partial charge in [0.25, 0.3) is 0 Å². The zero-order valence-electron chi connectivity index (χ0n) is 16.5. The van der Waals surface area contributed by atoms with Gasteiger partial charge in [-0.05, 0) is 48.2 Å². The number of piperidine rings is 1. The van der Waals surface area contributed by atoms with E-state index in [0.717, 1.165) is 18.5 Å². The summed E-state index contributed by atoms with van der Waals surface area (Å²) in [6.45, 7) is 13.1. The minimum Gasteiger partial charge on any atom is -0.478 e. The standard InChI is InChI=1S/C20H31NO4Si/c1-20(2,3)26(4,5)25-13-12-21-11-10-17(14-18(21)22)15-6-8-16(9-7-15)19(23)24/h6-9,17H,10-14H2,1-5H3,(H,23,24). The molecule has 144 valence electrons. The molecule has 0 bridgehead atoms. The van der Waals surface area contributed by atoms with E-state index in [2.05, 4.69) is 33.9 Å². The molecular formula is C20H31NO4Si. The molecule has 1 aromatic carbocycles. The predicted octanol–water partition coefficient (Wildman–Crippen LogP) is 4.11. The number of benzene rings is 1. The summed E-state index contributed by atoms with van der Waals surface area (Å²) in [6.07, 6.45) is 1.38. The number of amides is 1. The molecule has 2 rings (SSSR count). The van der Waals surface area contributed by atoms with Crippen LogP contribution in [-0.4, -0.2) is 49.9 Å². The Hall–Kier alpha value is -1.66. The zero-order valence-corrected chi connectivity index (χ0v) is 17.5. The summed E-state index contributed by atoms with van der Waals surface area (Å²) in [4.78, 5) is 25.3. The van der Waals surface area contributed by atoms with Gasteiger partial charge in [0.15, 0.2) is 8.32 Å². The summed E-state index contributed by atoms with van der Waals surface area (Å²) < 4.78 is 6.18. The summed E-state index contributed by atoms with van der Waals surface area (Å²) in [5.41, 5.74) is 1.32. The van der Waals surface area contributed by atoms with Crippen LogP contribution in [0.3, 0.4) is 0 Å². The molecule has 1 aromatic rings. The van der Waals surface area contributed by atoms with Gasteiger partial charge < -0.3 is 14.4 Å². The molecule has 1 saturated heterocycles. The van der Waals surface area contributed by atoms with Crippen LogP contribution in [-0.2, 0) is 9.22 Å². The normalized spacial score (nSPS) is 18.9. The lowest BCUT2D eigenvalue weighted by atomic mass is 9.88. The second-order valence-corrected chi connectivity index (χ2v) is 13.4. The van der Waals surface area contributed by atoms with E-state index in [-0.39, 0.29) is 22.4 Å². The van der Waals surface area contributed by atoms with Crippen LogP contribution in [0.1, 0.15) is 55.5 Å². The largest absolute Gasteiger partial charge is 0.478 e. The van der Waals surface area contributed by atoms with Gasteiger partial charge in [-0.2, -0.15) is 0 Å².